The van der Waals surface area contributed by atoms with Crippen molar-refractivity contribution in [2.75, 3.05) is 13.2 Å². The van der Waals surface area contributed by atoms with E-state index in [2.05, 4.69) is 10.4 Å². The van der Waals surface area contributed by atoms with Crippen molar-refractivity contribution < 1.29 is 14.3 Å². The summed E-state index contributed by atoms with van der Waals surface area (Å²) in [5.41, 5.74) is 1.52. The number of ether oxygens (including phenoxy) is 2. The second-order valence-electron chi connectivity index (χ2n) is 6.99. The van der Waals surface area contributed by atoms with E-state index < -0.39 is 11.3 Å². The Morgan fingerprint density at radius 2 is 1.80 bits per heavy atom. The molecule has 1 aliphatic rings. The minimum absolute atomic E-state index is 0.181. The van der Waals surface area contributed by atoms with Gasteiger partial charge in [-0.05, 0) is 55.8 Å². The molecule has 1 aliphatic heterocycles. The highest BCUT2D eigenvalue weighted by Gasteiger charge is 2.20. The molecule has 3 aromatic rings. The average Bonchev–Trinajstić information content (AvgIpc) is 2.74. The van der Waals surface area contributed by atoms with Gasteiger partial charge in [0, 0.05) is 16.8 Å². The van der Waals surface area contributed by atoms with Crippen molar-refractivity contribution in [1.29, 1.82) is 0 Å². The van der Waals surface area contributed by atoms with Gasteiger partial charge < -0.3 is 14.8 Å². The molecule has 0 unspecified atom stereocenters. The maximum absolute atomic E-state index is 12.8. The summed E-state index contributed by atoms with van der Waals surface area (Å²) in [5.74, 6) is 0.762. The van der Waals surface area contributed by atoms with Gasteiger partial charge in [-0.1, -0.05) is 17.7 Å². The Morgan fingerprint density at radius 3 is 2.53 bits per heavy atom. The Kier molecular flexibility index (Phi) is 5.46. The maximum Gasteiger partial charge on any atom is 0.276 e. The lowest BCUT2D eigenvalue weighted by Gasteiger charge is -2.21. The molecule has 0 saturated carbocycles. The number of halogens is 1. The highest BCUT2D eigenvalue weighted by atomic mass is 35.5. The lowest BCUT2D eigenvalue weighted by Crippen LogP contribution is -2.33. The first kappa shape index (κ1) is 20.0. The van der Waals surface area contributed by atoms with Gasteiger partial charge >= 0.3 is 0 Å². The van der Waals surface area contributed by atoms with E-state index in [9.17, 15) is 9.59 Å². The number of carbonyl (C=O) groups excluding carboxylic acids is 1. The maximum atomic E-state index is 12.8. The molecule has 154 valence electrons. The van der Waals surface area contributed by atoms with Gasteiger partial charge in [-0.25, -0.2) is 4.68 Å². The summed E-state index contributed by atoms with van der Waals surface area (Å²) in [6.07, 6.45) is 0. The van der Waals surface area contributed by atoms with Gasteiger partial charge in [-0.3, -0.25) is 9.59 Å². The monoisotopic (exact) mass is 425 g/mol. The standard InChI is InChI=1S/C22H20ClN3O4/c1-13-11-18(27)21(25-26(13)17-6-4-16(23)5-7-17)22(28)24-14(2)15-3-8-19-20(12-15)30-10-9-29-19/h3-8,11-12,14H,9-10H2,1-2H3,(H,24,28)/t14-/m0/s1. The molecular formula is C22H20ClN3O4. The highest BCUT2D eigenvalue weighted by Crippen LogP contribution is 2.32. The van der Waals surface area contributed by atoms with Gasteiger partial charge in [-0.15, -0.1) is 0 Å². The first-order valence-electron chi connectivity index (χ1n) is 9.50. The van der Waals surface area contributed by atoms with E-state index in [1.807, 2.05) is 25.1 Å². The smallest absolute Gasteiger partial charge is 0.276 e. The van der Waals surface area contributed by atoms with E-state index >= 15 is 0 Å². The van der Waals surface area contributed by atoms with Crippen molar-refractivity contribution in [3.8, 4) is 17.2 Å². The molecule has 0 bridgehead atoms. The second-order valence-corrected chi connectivity index (χ2v) is 7.42. The van der Waals surface area contributed by atoms with Crippen LogP contribution in [0.5, 0.6) is 11.5 Å². The molecule has 0 saturated heterocycles. The topological polar surface area (TPSA) is 82.5 Å². The number of amides is 1. The Labute approximate surface area is 178 Å². The van der Waals surface area contributed by atoms with E-state index in [4.69, 9.17) is 21.1 Å². The molecule has 0 spiro atoms. The van der Waals surface area contributed by atoms with E-state index in [0.29, 0.717) is 41.1 Å². The average molecular weight is 426 g/mol. The van der Waals surface area contributed by atoms with Gasteiger partial charge in [0.1, 0.15) is 13.2 Å². The Balaban J connectivity index is 1.59. The number of aryl methyl sites for hydroxylation is 1. The number of hydrogen-bond donors (Lipinski definition) is 1. The number of rotatable bonds is 4. The Hall–Kier alpha value is -3.32. The fourth-order valence-electron chi connectivity index (χ4n) is 3.23. The molecule has 4 rings (SSSR count). The number of hydrogen-bond acceptors (Lipinski definition) is 5. The summed E-state index contributed by atoms with van der Waals surface area (Å²) in [6, 6.07) is 13.5. The van der Waals surface area contributed by atoms with Crippen molar-refractivity contribution in [3.05, 3.63) is 80.7 Å². The fourth-order valence-corrected chi connectivity index (χ4v) is 3.35. The van der Waals surface area contributed by atoms with Crippen LogP contribution in [0.2, 0.25) is 5.02 Å². The molecule has 0 aliphatic carbocycles. The van der Waals surface area contributed by atoms with E-state index in [1.165, 1.54) is 6.07 Å². The van der Waals surface area contributed by atoms with Gasteiger partial charge in [-0.2, -0.15) is 5.10 Å². The predicted molar refractivity (Wildman–Crippen MR) is 113 cm³/mol. The fraction of sp³-hybridized carbons (Fsp3) is 0.227. The third-order valence-corrected chi connectivity index (χ3v) is 5.06. The van der Waals surface area contributed by atoms with Crippen LogP contribution in [-0.2, 0) is 0 Å². The third-order valence-electron chi connectivity index (χ3n) is 4.81. The van der Waals surface area contributed by atoms with Crippen LogP contribution in [-0.4, -0.2) is 28.9 Å². The molecule has 1 N–H and O–H groups in total. The van der Waals surface area contributed by atoms with Crippen molar-refractivity contribution in [1.82, 2.24) is 15.1 Å². The SMILES string of the molecule is Cc1cc(=O)c(C(=O)N[C@@H](C)c2ccc3c(c2)OCCO3)nn1-c1ccc(Cl)cc1. The molecule has 7 nitrogen and oxygen atoms in total. The summed E-state index contributed by atoms with van der Waals surface area (Å²) in [5, 5.41) is 7.71. The first-order chi connectivity index (χ1) is 14.4. The Morgan fingerprint density at radius 1 is 1.10 bits per heavy atom. The zero-order chi connectivity index (χ0) is 21.3. The van der Waals surface area contributed by atoms with Gasteiger partial charge in [0.05, 0.1) is 11.7 Å². The number of aromatic nitrogens is 2. The molecule has 1 atom stereocenters. The van der Waals surface area contributed by atoms with Crippen LogP contribution in [0.1, 0.15) is 34.7 Å². The molecule has 8 heteroatoms. The van der Waals surface area contributed by atoms with Gasteiger partial charge in [0.25, 0.3) is 5.91 Å². The van der Waals surface area contributed by atoms with E-state index in [1.54, 1.807) is 35.9 Å². The molecular weight excluding hydrogens is 406 g/mol. The molecule has 1 aromatic heterocycles. The predicted octanol–water partition coefficient (Wildman–Crippen LogP) is 3.46. The Bertz CT molecular complexity index is 1160. The molecule has 2 heterocycles. The van der Waals surface area contributed by atoms with E-state index in [0.717, 1.165) is 5.56 Å². The van der Waals surface area contributed by atoms with Crippen LogP contribution in [0.25, 0.3) is 5.69 Å². The van der Waals surface area contributed by atoms with Crippen molar-refractivity contribution in [3.63, 3.8) is 0 Å². The summed E-state index contributed by atoms with van der Waals surface area (Å²) in [6.45, 7) is 4.57. The minimum Gasteiger partial charge on any atom is -0.486 e. The summed E-state index contributed by atoms with van der Waals surface area (Å²) >= 11 is 5.95. The van der Waals surface area contributed by atoms with Gasteiger partial charge in [0.15, 0.2) is 17.2 Å². The molecule has 2 aromatic carbocycles. The highest BCUT2D eigenvalue weighted by molar-refractivity contribution is 6.30. The summed E-state index contributed by atoms with van der Waals surface area (Å²) in [4.78, 5) is 25.3. The second kappa shape index (κ2) is 8.20. The van der Waals surface area contributed by atoms with Gasteiger partial charge in [0.2, 0.25) is 5.43 Å². The van der Waals surface area contributed by atoms with Crippen LogP contribution >= 0.6 is 11.6 Å². The van der Waals surface area contributed by atoms with Crippen LogP contribution in [0, 0.1) is 6.92 Å². The van der Waals surface area contributed by atoms with Crippen LogP contribution < -0.4 is 20.2 Å². The largest absolute Gasteiger partial charge is 0.486 e. The molecule has 0 fully saturated rings. The first-order valence-corrected chi connectivity index (χ1v) is 9.87. The quantitative estimate of drug-likeness (QED) is 0.692. The number of benzene rings is 2. The summed E-state index contributed by atoms with van der Waals surface area (Å²) < 4.78 is 12.7. The number of nitrogens with one attached hydrogen (secondary N) is 1. The normalized spacial score (nSPS) is 13.6. The lowest BCUT2D eigenvalue weighted by molar-refractivity contribution is 0.0931. The van der Waals surface area contributed by atoms with Crippen LogP contribution in [0.3, 0.4) is 0 Å². The van der Waals surface area contributed by atoms with Crippen molar-refractivity contribution >= 4 is 17.5 Å². The van der Waals surface area contributed by atoms with Crippen LogP contribution in [0.4, 0.5) is 0 Å². The zero-order valence-electron chi connectivity index (χ0n) is 16.5. The number of fused-ring (bicyclic) bond motifs is 1. The third kappa shape index (κ3) is 4.02. The summed E-state index contributed by atoms with van der Waals surface area (Å²) in [7, 11) is 0. The molecule has 1 amide bonds. The van der Waals surface area contributed by atoms with Crippen molar-refractivity contribution in [2.24, 2.45) is 0 Å². The lowest BCUT2D eigenvalue weighted by atomic mass is 10.1. The molecule has 0 radical (unpaired) electrons. The van der Waals surface area contributed by atoms with Crippen molar-refractivity contribution in [2.45, 2.75) is 19.9 Å². The van der Waals surface area contributed by atoms with E-state index in [-0.39, 0.29) is 11.7 Å². The zero-order valence-corrected chi connectivity index (χ0v) is 17.3. The minimum atomic E-state index is -0.551. The number of carbonyl (C=O) groups is 1. The molecule has 30 heavy (non-hydrogen) atoms. The number of nitrogens with zero attached hydrogens (tertiary/aromatic N) is 2. The van der Waals surface area contributed by atoms with Crippen LogP contribution in [0.15, 0.2) is 53.3 Å².